The molecule has 8 nitrogen and oxygen atoms in total. The molecule has 0 aromatic heterocycles. The molecule has 0 heterocycles. The van der Waals surface area contributed by atoms with Crippen molar-refractivity contribution in [1.29, 1.82) is 0 Å². The lowest BCUT2D eigenvalue weighted by atomic mass is 10.1. The Kier molecular flexibility index (Phi) is 40.8. The van der Waals surface area contributed by atoms with E-state index in [2.05, 4.69) is 38.2 Å². The molecule has 0 fully saturated rings. The number of carbonyl (C=O) groups is 2. The van der Waals surface area contributed by atoms with E-state index in [1.54, 1.807) is 0 Å². The van der Waals surface area contributed by atoms with Crippen LogP contribution < -0.4 is 0 Å². The van der Waals surface area contributed by atoms with Crippen LogP contribution in [-0.2, 0) is 32.6 Å². The molecule has 2 unspecified atom stereocenters. The second kappa shape index (κ2) is 41.8. The molecular formula is C44H84NO7P. The lowest BCUT2D eigenvalue weighted by molar-refractivity contribution is -0.161. The average molecular weight is 770 g/mol. The van der Waals surface area contributed by atoms with E-state index in [9.17, 15) is 9.59 Å². The Bertz CT molecular complexity index is 854. The van der Waals surface area contributed by atoms with Crippen molar-refractivity contribution >= 4 is 20.5 Å². The van der Waals surface area contributed by atoms with Crippen LogP contribution in [0.25, 0.3) is 0 Å². The van der Waals surface area contributed by atoms with Gasteiger partial charge in [-0.1, -0.05) is 141 Å². The number of esters is 2. The van der Waals surface area contributed by atoms with Crippen molar-refractivity contribution in [3.8, 4) is 0 Å². The molecule has 0 spiro atoms. The van der Waals surface area contributed by atoms with Gasteiger partial charge >= 0.3 is 20.5 Å². The van der Waals surface area contributed by atoms with Crippen molar-refractivity contribution in [2.45, 2.75) is 200 Å². The van der Waals surface area contributed by atoms with Gasteiger partial charge in [0.25, 0.3) is 0 Å². The van der Waals surface area contributed by atoms with Gasteiger partial charge in [0.2, 0.25) is 0 Å². The Morgan fingerprint density at radius 2 is 0.962 bits per heavy atom. The summed E-state index contributed by atoms with van der Waals surface area (Å²) in [5, 5.41) is 0. The molecular weight excluding hydrogens is 685 g/mol. The maximum Gasteiger partial charge on any atom is 0.332 e. The fraction of sp³-hybridized carbons (Fsp3) is 0.864. The van der Waals surface area contributed by atoms with E-state index in [1.165, 1.54) is 123 Å². The summed E-state index contributed by atoms with van der Waals surface area (Å²) in [4.78, 5) is 27.3. The first-order chi connectivity index (χ1) is 25.9. The molecule has 0 aromatic rings. The number of likely N-dealkylation sites (N-methyl/N-ethyl adjacent to an activating group) is 1. The molecule has 53 heavy (non-hydrogen) atoms. The van der Waals surface area contributed by atoms with Gasteiger partial charge in [-0.25, -0.2) is 0 Å². The van der Waals surface area contributed by atoms with Crippen molar-refractivity contribution in [3.05, 3.63) is 24.3 Å². The van der Waals surface area contributed by atoms with Crippen molar-refractivity contribution in [1.82, 2.24) is 4.90 Å². The van der Waals surface area contributed by atoms with Gasteiger partial charge in [0.1, 0.15) is 6.61 Å². The Labute approximate surface area is 328 Å². The molecule has 0 rings (SSSR count). The van der Waals surface area contributed by atoms with Crippen LogP contribution >= 0.6 is 8.60 Å². The second-order valence-corrected chi connectivity index (χ2v) is 16.1. The van der Waals surface area contributed by atoms with E-state index in [1.807, 2.05) is 19.0 Å². The maximum absolute atomic E-state index is 12.7. The van der Waals surface area contributed by atoms with E-state index < -0.39 is 14.7 Å². The van der Waals surface area contributed by atoms with E-state index in [0.717, 1.165) is 57.9 Å². The molecule has 2 atom stereocenters. The predicted molar refractivity (Wildman–Crippen MR) is 224 cm³/mol. The first kappa shape index (κ1) is 51.7. The minimum atomic E-state index is -1.60. The standard InChI is InChI=1S/C44H84NO7P/c1-6-8-10-12-14-16-18-20-22-24-26-28-30-32-34-36-43(46)49-40-42(41-51-53(48-5)50-39-38-45(3)4)52-44(47)37-35-33-31-29-27-25-23-21-19-17-15-13-11-9-7-2/h20-23,42H,6-19,24-41H2,1-5H3/b22-20-,23-21-. The highest BCUT2D eigenvalue weighted by molar-refractivity contribution is 7.41. The van der Waals surface area contributed by atoms with E-state index >= 15 is 0 Å². The molecule has 312 valence electrons. The highest BCUT2D eigenvalue weighted by Gasteiger charge is 2.21. The molecule has 0 aliphatic carbocycles. The summed E-state index contributed by atoms with van der Waals surface area (Å²) in [6.07, 6.45) is 40.8. The quantitative estimate of drug-likeness (QED) is 0.0263. The number of rotatable bonds is 41. The van der Waals surface area contributed by atoms with Gasteiger partial charge in [0.15, 0.2) is 6.10 Å². The van der Waals surface area contributed by atoms with Crippen molar-refractivity contribution in [2.75, 3.05) is 47.6 Å². The van der Waals surface area contributed by atoms with Gasteiger partial charge in [-0.05, 0) is 78.3 Å². The number of unbranched alkanes of at least 4 members (excludes halogenated alkanes) is 22. The smallest absolute Gasteiger partial charge is 0.332 e. The lowest BCUT2D eigenvalue weighted by Gasteiger charge is -2.21. The molecule has 0 aliphatic heterocycles. The Balaban J connectivity index is 4.30. The van der Waals surface area contributed by atoms with Crippen LogP contribution in [0, 0.1) is 0 Å². The molecule has 0 aliphatic rings. The topological polar surface area (TPSA) is 83.5 Å². The normalized spacial score (nSPS) is 13.0. The fourth-order valence-electron chi connectivity index (χ4n) is 5.88. The molecule has 0 radical (unpaired) electrons. The van der Waals surface area contributed by atoms with Crippen LogP contribution in [0.2, 0.25) is 0 Å². The summed E-state index contributed by atoms with van der Waals surface area (Å²) in [6.45, 7) is 5.72. The van der Waals surface area contributed by atoms with Gasteiger partial charge in [-0.3, -0.25) is 9.59 Å². The Morgan fingerprint density at radius 1 is 0.547 bits per heavy atom. The number of carbonyl (C=O) groups excluding carboxylic acids is 2. The zero-order valence-corrected chi connectivity index (χ0v) is 36.2. The van der Waals surface area contributed by atoms with Crippen molar-refractivity contribution < 1.29 is 32.6 Å². The van der Waals surface area contributed by atoms with E-state index in [-0.39, 0.29) is 25.2 Å². The molecule has 0 bridgehead atoms. The molecule has 0 amide bonds. The summed E-state index contributed by atoms with van der Waals surface area (Å²) in [6, 6.07) is 0. The van der Waals surface area contributed by atoms with E-state index in [0.29, 0.717) is 19.4 Å². The number of ether oxygens (including phenoxy) is 2. The molecule has 0 saturated carbocycles. The van der Waals surface area contributed by atoms with Crippen molar-refractivity contribution in [3.63, 3.8) is 0 Å². The minimum absolute atomic E-state index is 0.0351. The second-order valence-electron chi connectivity index (χ2n) is 14.8. The number of hydrogen-bond donors (Lipinski definition) is 0. The van der Waals surface area contributed by atoms with Crippen LogP contribution in [0.15, 0.2) is 24.3 Å². The maximum atomic E-state index is 12.7. The monoisotopic (exact) mass is 770 g/mol. The zero-order valence-electron chi connectivity index (χ0n) is 35.3. The van der Waals surface area contributed by atoms with Crippen molar-refractivity contribution in [2.24, 2.45) is 0 Å². The molecule has 0 N–H and O–H groups in total. The number of allylic oxidation sites excluding steroid dienone is 4. The first-order valence-corrected chi connectivity index (χ1v) is 22.9. The fourth-order valence-corrected chi connectivity index (χ4v) is 6.69. The largest absolute Gasteiger partial charge is 0.462 e. The summed E-state index contributed by atoms with van der Waals surface area (Å²) in [5.74, 6) is -0.558. The summed E-state index contributed by atoms with van der Waals surface area (Å²) in [7, 11) is 3.87. The first-order valence-electron chi connectivity index (χ1n) is 21.8. The van der Waals surface area contributed by atoms with Crippen LogP contribution in [0.1, 0.15) is 194 Å². The van der Waals surface area contributed by atoms with Crippen LogP contribution in [0.4, 0.5) is 0 Å². The number of hydrogen-bond acceptors (Lipinski definition) is 8. The SMILES string of the molecule is CCCCCCCC/C=C\CCCCCCCC(=O)OCC(COP(OC)OCCN(C)C)OC(=O)CCCCCCC/C=C\CCCCCCCC. The summed E-state index contributed by atoms with van der Waals surface area (Å²) in [5.41, 5.74) is 0. The highest BCUT2D eigenvalue weighted by Crippen LogP contribution is 2.38. The Hall–Kier alpha value is -1.31. The highest BCUT2D eigenvalue weighted by atomic mass is 31.2. The van der Waals surface area contributed by atoms with Gasteiger partial charge in [-0.15, -0.1) is 0 Å². The van der Waals surface area contributed by atoms with Gasteiger partial charge in [0, 0.05) is 26.5 Å². The van der Waals surface area contributed by atoms with Crippen LogP contribution in [-0.4, -0.2) is 70.5 Å². The van der Waals surface area contributed by atoms with E-state index in [4.69, 9.17) is 23.0 Å². The van der Waals surface area contributed by atoms with Gasteiger partial charge < -0.3 is 27.9 Å². The third-order valence-corrected chi connectivity index (χ3v) is 10.3. The van der Waals surface area contributed by atoms with Gasteiger partial charge in [0.05, 0.1) is 13.2 Å². The lowest BCUT2D eigenvalue weighted by Crippen LogP contribution is -2.29. The number of nitrogens with zero attached hydrogens (tertiary/aromatic N) is 1. The third-order valence-electron chi connectivity index (χ3n) is 9.26. The van der Waals surface area contributed by atoms with Gasteiger partial charge in [-0.2, -0.15) is 0 Å². The third kappa shape index (κ3) is 40.2. The molecule has 0 saturated heterocycles. The summed E-state index contributed by atoms with van der Waals surface area (Å²) < 4.78 is 28.1. The predicted octanol–water partition coefficient (Wildman–Crippen LogP) is 13.0. The summed E-state index contributed by atoms with van der Waals surface area (Å²) >= 11 is 0. The molecule has 9 heteroatoms. The van der Waals surface area contributed by atoms with Crippen LogP contribution in [0.3, 0.4) is 0 Å². The molecule has 0 aromatic carbocycles. The zero-order chi connectivity index (χ0) is 38.9. The average Bonchev–Trinajstić information content (AvgIpc) is 3.14. The van der Waals surface area contributed by atoms with Crippen LogP contribution in [0.5, 0.6) is 0 Å². The minimum Gasteiger partial charge on any atom is -0.462 e. The Morgan fingerprint density at radius 3 is 1.40 bits per heavy atom.